The fourth-order valence-corrected chi connectivity index (χ4v) is 7.62. The summed E-state index contributed by atoms with van der Waals surface area (Å²) in [5, 5.41) is 18.1. The minimum Gasteiger partial charge on any atom is -0.473 e. The Bertz CT molecular complexity index is 1580. The van der Waals surface area contributed by atoms with E-state index in [1.165, 1.54) is 0 Å². The van der Waals surface area contributed by atoms with Gasteiger partial charge in [-0.25, -0.2) is 0 Å². The molecule has 10 heteroatoms. The molecule has 2 saturated heterocycles. The molecule has 4 aliphatic rings. The largest absolute Gasteiger partial charge is 0.473 e. The van der Waals surface area contributed by atoms with E-state index in [4.69, 9.17) is 29.7 Å². The van der Waals surface area contributed by atoms with Crippen molar-refractivity contribution in [2.24, 2.45) is 0 Å². The molecule has 2 fully saturated rings. The number of hydrogen-bond donors (Lipinski definition) is 2. The van der Waals surface area contributed by atoms with Gasteiger partial charge in [0.05, 0.1) is 22.6 Å². The summed E-state index contributed by atoms with van der Waals surface area (Å²) in [7, 11) is 2.15. The van der Waals surface area contributed by atoms with Crippen molar-refractivity contribution in [2.45, 2.75) is 94.9 Å². The van der Waals surface area contributed by atoms with Crippen LogP contribution in [0.1, 0.15) is 80.9 Å². The number of benzene rings is 1. The van der Waals surface area contributed by atoms with E-state index < -0.39 is 5.41 Å². The maximum Gasteiger partial charge on any atom is 0.221 e. The summed E-state index contributed by atoms with van der Waals surface area (Å²) in [6.45, 7) is 8.16. The number of nitrogens with two attached hydrogens (primary N) is 1. The Morgan fingerprint density at radius 3 is 2.74 bits per heavy atom. The number of aryl methyl sites for hydroxylation is 1. The number of nitrogen functional groups attached to an aromatic ring is 1. The molecular weight excluding hydrogens is 530 g/mol. The van der Waals surface area contributed by atoms with Gasteiger partial charge in [0.15, 0.2) is 17.3 Å². The van der Waals surface area contributed by atoms with Gasteiger partial charge in [-0.1, -0.05) is 11.2 Å². The van der Waals surface area contributed by atoms with E-state index in [-0.39, 0.29) is 17.7 Å². The van der Waals surface area contributed by atoms with E-state index in [0.29, 0.717) is 40.6 Å². The molecule has 1 aromatic carbocycles. The summed E-state index contributed by atoms with van der Waals surface area (Å²) in [5.74, 6) is 2.19. The van der Waals surface area contributed by atoms with E-state index in [1.807, 2.05) is 6.07 Å². The van der Waals surface area contributed by atoms with Crippen LogP contribution in [0, 0.1) is 11.3 Å². The maximum atomic E-state index is 10.1. The van der Waals surface area contributed by atoms with Gasteiger partial charge < -0.3 is 25.0 Å². The molecule has 0 saturated carbocycles. The van der Waals surface area contributed by atoms with Crippen LogP contribution in [0.2, 0.25) is 0 Å². The van der Waals surface area contributed by atoms with Crippen molar-refractivity contribution in [3.05, 3.63) is 46.2 Å². The molecule has 7 rings (SSSR count). The molecule has 1 spiro atoms. The number of anilines is 1. The van der Waals surface area contributed by atoms with Gasteiger partial charge in [0.25, 0.3) is 0 Å². The number of rotatable bonds is 6. The fourth-order valence-electron chi connectivity index (χ4n) is 7.62. The van der Waals surface area contributed by atoms with Crippen LogP contribution >= 0.6 is 0 Å². The summed E-state index contributed by atoms with van der Waals surface area (Å²) in [4.78, 5) is 12.1. The Kier molecular flexibility index (Phi) is 6.44. The number of ether oxygens (including phenoxy) is 2. The van der Waals surface area contributed by atoms with Crippen molar-refractivity contribution in [1.29, 1.82) is 5.26 Å². The lowest BCUT2D eigenvalue weighted by atomic mass is 9.68. The van der Waals surface area contributed by atoms with Gasteiger partial charge in [-0.05, 0) is 96.5 Å². The number of nitriles is 1. The van der Waals surface area contributed by atoms with Gasteiger partial charge in [-0.2, -0.15) is 15.2 Å². The zero-order valence-electron chi connectivity index (χ0n) is 24.9. The first-order valence-corrected chi connectivity index (χ1v) is 15.2. The molecule has 2 aliphatic carbocycles. The number of aromatic nitrogens is 3. The Morgan fingerprint density at radius 1 is 1.19 bits per heavy atom. The Labute approximate surface area is 246 Å². The number of likely N-dealkylation sites (tertiary alicyclic amines) is 1. The third-order valence-corrected chi connectivity index (χ3v) is 10.1. The standard InChI is InChI=1S/C32H39N7O3/c1-18(23-8-6-14-39(23)4)40-25-15-26(41-24-17-35-31(24,2)3)37-30(36-25)28-20-7-5-12-32(29(20)42-38-28)13-11-19-9-10-22(34)21(16-33)27(19)32/h9-10,15,18,23-24,35H,5-8,11-14,17,34H2,1-4H3/t18-,23-,24+,32-/m0/s1. The van der Waals surface area contributed by atoms with E-state index in [2.05, 4.69) is 55.3 Å². The number of fused-ring (bicyclic) bond motifs is 4. The molecule has 2 aromatic heterocycles. The number of nitrogens with zero attached hydrogens (tertiary/aromatic N) is 5. The van der Waals surface area contributed by atoms with Crippen molar-refractivity contribution in [3.63, 3.8) is 0 Å². The van der Waals surface area contributed by atoms with E-state index in [0.717, 1.165) is 80.5 Å². The van der Waals surface area contributed by atoms with Crippen molar-refractivity contribution in [1.82, 2.24) is 25.3 Å². The summed E-state index contributed by atoms with van der Waals surface area (Å²) < 4.78 is 19.1. The van der Waals surface area contributed by atoms with Crippen LogP contribution in [-0.2, 0) is 18.3 Å². The average molecular weight is 570 g/mol. The van der Waals surface area contributed by atoms with E-state index in [9.17, 15) is 5.26 Å². The maximum absolute atomic E-state index is 10.1. The second kappa shape index (κ2) is 9.96. The van der Waals surface area contributed by atoms with Crippen LogP contribution in [0.15, 0.2) is 22.7 Å². The monoisotopic (exact) mass is 569 g/mol. The highest BCUT2D eigenvalue weighted by atomic mass is 16.5. The van der Waals surface area contributed by atoms with Gasteiger partial charge >= 0.3 is 0 Å². The minimum atomic E-state index is -0.425. The lowest BCUT2D eigenvalue weighted by Crippen LogP contribution is -2.67. The van der Waals surface area contributed by atoms with Crippen LogP contribution in [0.3, 0.4) is 0 Å². The molecule has 42 heavy (non-hydrogen) atoms. The molecule has 4 atom stereocenters. The van der Waals surface area contributed by atoms with Gasteiger partial charge in [0, 0.05) is 23.8 Å². The molecule has 0 amide bonds. The van der Waals surface area contributed by atoms with Crippen molar-refractivity contribution in [2.75, 3.05) is 25.9 Å². The van der Waals surface area contributed by atoms with Crippen LogP contribution < -0.4 is 20.5 Å². The molecule has 3 aromatic rings. The van der Waals surface area contributed by atoms with Crippen molar-refractivity contribution in [3.8, 4) is 29.3 Å². The number of likely N-dealkylation sites (N-methyl/N-ethyl adjacent to an activating group) is 1. The Morgan fingerprint density at radius 2 is 2.02 bits per heavy atom. The third-order valence-electron chi connectivity index (χ3n) is 10.1. The second-order valence-electron chi connectivity index (χ2n) is 13.0. The highest BCUT2D eigenvalue weighted by Crippen LogP contribution is 2.54. The molecule has 0 unspecified atom stereocenters. The normalized spacial score (nSPS) is 26.7. The lowest BCUT2D eigenvalue weighted by Gasteiger charge is -2.44. The predicted octanol–water partition coefficient (Wildman–Crippen LogP) is 4.14. The first-order chi connectivity index (χ1) is 20.2. The SMILES string of the molecule is C[C@H](Oc1cc(O[C@@H]2CNC2(C)C)nc(-c2noc3c2CCC[C@@]32CCc3ccc(N)c(C#N)c32)n1)[C@@H]1CCCN1C. The quantitative estimate of drug-likeness (QED) is 0.417. The minimum absolute atomic E-state index is 0.0224. The molecule has 0 radical (unpaired) electrons. The number of hydrogen-bond acceptors (Lipinski definition) is 10. The van der Waals surface area contributed by atoms with E-state index in [1.54, 1.807) is 6.07 Å². The molecule has 4 heterocycles. The third kappa shape index (κ3) is 4.24. The van der Waals surface area contributed by atoms with E-state index >= 15 is 0 Å². The van der Waals surface area contributed by atoms with Gasteiger partial charge in [0.1, 0.15) is 18.3 Å². The van der Waals surface area contributed by atoms with Crippen LogP contribution in [0.4, 0.5) is 5.69 Å². The average Bonchev–Trinajstić information content (AvgIpc) is 3.69. The highest BCUT2D eigenvalue weighted by molar-refractivity contribution is 5.68. The highest BCUT2D eigenvalue weighted by Gasteiger charge is 2.49. The van der Waals surface area contributed by atoms with Crippen LogP contribution in [0.5, 0.6) is 11.8 Å². The predicted molar refractivity (Wildman–Crippen MR) is 157 cm³/mol. The van der Waals surface area contributed by atoms with Gasteiger partial charge in [-0.3, -0.25) is 4.90 Å². The number of nitrogens with one attached hydrogen (secondary N) is 1. The van der Waals surface area contributed by atoms with Gasteiger partial charge in [0.2, 0.25) is 11.8 Å². The zero-order valence-corrected chi connectivity index (χ0v) is 24.9. The summed E-state index contributed by atoms with van der Waals surface area (Å²) in [5.41, 5.74) is 10.6. The smallest absolute Gasteiger partial charge is 0.221 e. The first kappa shape index (κ1) is 27.2. The first-order valence-electron chi connectivity index (χ1n) is 15.2. The summed E-state index contributed by atoms with van der Waals surface area (Å²) >= 11 is 0. The zero-order chi connectivity index (χ0) is 29.2. The lowest BCUT2D eigenvalue weighted by molar-refractivity contribution is 0.0261. The molecular formula is C32H39N7O3. The summed E-state index contributed by atoms with van der Waals surface area (Å²) in [6.07, 6.45) is 6.53. The topological polar surface area (TPSA) is 135 Å². The van der Waals surface area contributed by atoms with Crippen molar-refractivity contribution < 1.29 is 14.0 Å². The molecule has 3 N–H and O–H groups in total. The van der Waals surface area contributed by atoms with Crippen molar-refractivity contribution >= 4 is 5.69 Å². The van der Waals surface area contributed by atoms with Crippen LogP contribution in [-0.4, -0.2) is 64.0 Å². The van der Waals surface area contributed by atoms with Gasteiger partial charge in [-0.15, -0.1) is 0 Å². The Balaban J connectivity index is 1.29. The van der Waals surface area contributed by atoms with Crippen LogP contribution in [0.25, 0.3) is 11.5 Å². The second-order valence-corrected chi connectivity index (χ2v) is 13.0. The Hall–Kier alpha value is -3.68. The molecule has 0 bridgehead atoms. The molecule has 10 nitrogen and oxygen atoms in total. The molecule has 2 aliphatic heterocycles. The summed E-state index contributed by atoms with van der Waals surface area (Å²) in [6, 6.07) is 8.40. The fraction of sp³-hybridized carbons (Fsp3) is 0.562. The molecule has 220 valence electrons.